The molecule has 0 radical (unpaired) electrons. The molecular weight excluding hydrogens is 218 g/mol. The van der Waals surface area contributed by atoms with Crippen LogP contribution in [0.1, 0.15) is 6.42 Å². The number of nitrogens with one attached hydrogen (secondary N) is 1. The van der Waals surface area contributed by atoms with Gasteiger partial charge in [-0.15, -0.1) is 0 Å². The summed E-state index contributed by atoms with van der Waals surface area (Å²) in [7, 11) is 3.36. The lowest BCUT2D eigenvalue weighted by Crippen LogP contribution is -2.43. The second-order valence-corrected chi connectivity index (χ2v) is 4.16. The molecule has 1 atom stereocenters. The number of nitrogens with zero attached hydrogens (tertiary/aromatic N) is 2. The van der Waals surface area contributed by atoms with E-state index in [-0.39, 0.29) is 18.2 Å². The van der Waals surface area contributed by atoms with Crippen molar-refractivity contribution >= 4 is 17.5 Å². The van der Waals surface area contributed by atoms with E-state index in [0.29, 0.717) is 0 Å². The lowest BCUT2D eigenvalue weighted by atomic mass is 10.2. The van der Waals surface area contributed by atoms with E-state index < -0.39 is 6.04 Å². The Kier molecular flexibility index (Phi) is 3.10. The first kappa shape index (κ1) is 11.6. The summed E-state index contributed by atoms with van der Waals surface area (Å²) in [5.41, 5.74) is 0.847. The molecule has 0 spiro atoms. The molecule has 5 nitrogen and oxygen atoms in total. The number of hydrogen-bond acceptors (Lipinski definition) is 4. The Morgan fingerprint density at radius 2 is 1.88 bits per heavy atom. The molecule has 0 aliphatic carbocycles. The van der Waals surface area contributed by atoms with Crippen molar-refractivity contribution < 1.29 is 9.59 Å². The van der Waals surface area contributed by atoms with Crippen LogP contribution in [-0.2, 0) is 9.59 Å². The van der Waals surface area contributed by atoms with Crippen molar-refractivity contribution in [1.82, 2.24) is 10.0 Å². The molecule has 5 heteroatoms. The van der Waals surface area contributed by atoms with Gasteiger partial charge in [-0.2, -0.15) is 0 Å². The number of carbonyl (C=O) groups is 2. The van der Waals surface area contributed by atoms with Crippen molar-refractivity contribution in [3.05, 3.63) is 30.3 Å². The Hall–Kier alpha value is -1.88. The minimum Gasteiger partial charge on any atom is -0.373 e. The molecule has 1 heterocycles. The van der Waals surface area contributed by atoms with Gasteiger partial charge in [0.1, 0.15) is 6.04 Å². The van der Waals surface area contributed by atoms with Crippen LogP contribution in [0.15, 0.2) is 30.3 Å². The summed E-state index contributed by atoms with van der Waals surface area (Å²) < 4.78 is 0. The molecule has 90 valence electrons. The van der Waals surface area contributed by atoms with E-state index in [9.17, 15) is 9.59 Å². The van der Waals surface area contributed by atoms with Gasteiger partial charge in [-0.1, -0.05) is 18.2 Å². The van der Waals surface area contributed by atoms with Crippen LogP contribution in [0, 0.1) is 0 Å². The average molecular weight is 233 g/mol. The number of benzene rings is 1. The van der Waals surface area contributed by atoms with Crippen molar-refractivity contribution in [2.45, 2.75) is 12.5 Å². The van der Waals surface area contributed by atoms with E-state index in [0.717, 1.165) is 5.69 Å². The number of para-hydroxylation sites is 1. The Balaban J connectivity index is 2.10. The normalized spacial score (nSPS) is 20.2. The predicted molar refractivity (Wildman–Crippen MR) is 64.0 cm³/mol. The summed E-state index contributed by atoms with van der Waals surface area (Å²) in [5.74, 6) is -0.378. The Labute approximate surface area is 100.0 Å². The zero-order valence-electron chi connectivity index (χ0n) is 9.88. The topological polar surface area (TPSA) is 52.6 Å². The second-order valence-electron chi connectivity index (χ2n) is 4.16. The molecule has 1 saturated heterocycles. The fourth-order valence-electron chi connectivity index (χ4n) is 1.89. The minimum absolute atomic E-state index is 0.173. The van der Waals surface area contributed by atoms with Gasteiger partial charge in [0.2, 0.25) is 5.91 Å². The van der Waals surface area contributed by atoms with Gasteiger partial charge in [-0.25, -0.2) is 10.0 Å². The first-order valence-electron chi connectivity index (χ1n) is 5.45. The van der Waals surface area contributed by atoms with Gasteiger partial charge < -0.3 is 5.32 Å². The van der Waals surface area contributed by atoms with Gasteiger partial charge >= 0.3 is 0 Å². The number of hydrazine groups is 1. The lowest BCUT2D eigenvalue weighted by Gasteiger charge is -2.22. The predicted octanol–water partition coefficient (Wildman–Crippen LogP) is 0.703. The third-order valence-electron chi connectivity index (χ3n) is 2.64. The quantitative estimate of drug-likeness (QED) is 0.781. The molecule has 0 saturated carbocycles. The van der Waals surface area contributed by atoms with Crippen LogP contribution in [0.25, 0.3) is 0 Å². The number of carbonyl (C=O) groups excluding carboxylic acids is 2. The fraction of sp³-hybridized carbons (Fsp3) is 0.333. The van der Waals surface area contributed by atoms with Crippen LogP contribution in [0.3, 0.4) is 0 Å². The zero-order chi connectivity index (χ0) is 12.4. The van der Waals surface area contributed by atoms with Crippen molar-refractivity contribution in [3.8, 4) is 0 Å². The van der Waals surface area contributed by atoms with E-state index in [1.54, 1.807) is 14.1 Å². The Morgan fingerprint density at radius 3 is 2.41 bits per heavy atom. The van der Waals surface area contributed by atoms with Crippen LogP contribution in [0.2, 0.25) is 0 Å². The molecule has 2 amide bonds. The molecule has 0 unspecified atom stereocenters. The summed E-state index contributed by atoms with van der Waals surface area (Å²) in [4.78, 5) is 23.6. The van der Waals surface area contributed by atoms with Gasteiger partial charge in [0, 0.05) is 19.8 Å². The third kappa shape index (κ3) is 2.29. The highest BCUT2D eigenvalue weighted by Crippen LogP contribution is 2.18. The highest BCUT2D eigenvalue weighted by Gasteiger charge is 2.39. The van der Waals surface area contributed by atoms with Crippen molar-refractivity contribution in [2.24, 2.45) is 0 Å². The number of hydrogen-bond donors (Lipinski definition) is 1. The van der Waals surface area contributed by atoms with Crippen LogP contribution in [0.5, 0.6) is 0 Å². The van der Waals surface area contributed by atoms with E-state index in [1.165, 1.54) is 10.0 Å². The number of imide groups is 1. The largest absolute Gasteiger partial charge is 0.373 e. The maximum absolute atomic E-state index is 12.0. The average Bonchev–Trinajstić information content (AvgIpc) is 2.55. The van der Waals surface area contributed by atoms with Gasteiger partial charge in [0.05, 0.1) is 6.42 Å². The van der Waals surface area contributed by atoms with E-state index >= 15 is 0 Å². The Morgan fingerprint density at radius 1 is 1.24 bits per heavy atom. The van der Waals surface area contributed by atoms with Crippen LogP contribution in [0.4, 0.5) is 5.69 Å². The summed E-state index contributed by atoms with van der Waals surface area (Å²) in [6.07, 6.45) is 0.200. The number of rotatable bonds is 3. The minimum atomic E-state index is -0.465. The molecule has 0 bridgehead atoms. The van der Waals surface area contributed by atoms with Crippen LogP contribution < -0.4 is 5.32 Å². The maximum atomic E-state index is 12.0. The molecule has 2 rings (SSSR count). The summed E-state index contributed by atoms with van der Waals surface area (Å²) >= 11 is 0. The monoisotopic (exact) mass is 233 g/mol. The van der Waals surface area contributed by atoms with Gasteiger partial charge in [0.25, 0.3) is 5.91 Å². The standard InChI is InChI=1S/C12H15N3O2/c1-14(2)15-11(16)8-10(12(15)17)13-9-6-4-3-5-7-9/h3-7,10,13H,8H2,1-2H3/t10-/m0/s1. The molecule has 1 fully saturated rings. The van der Waals surface area contributed by atoms with E-state index in [4.69, 9.17) is 0 Å². The smallest absolute Gasteiger partial charge is 0.266 e. The summed E-state index contributed by atoms with van der Waals surface area (Å²) in [5, 5.41) is 5.75. The molecule has 1 N–H and O–H groups in total. The molecule has 1 aromatic rings. The van der Waals surface area contributed by atoms with Crippen molar-refractivity contribution in [2.75, 3.05) is 19.4 Å². The third-order valence-corrected chi connectivity index (χ3v) is 2.64. The molecule has 1 aromatic carbocycles. The highest BCUT2D eigenvalue weighted by atomic mass is 16.2. The summed E-state index contributed by atoms with van der Waals surface area (Å²) in [6, 6.07) is 8.94. The first-order valence-corrected chi connectivity index (χ1v) is 5.45. The number of amides is 2. The molecule has 1 aliphatic rings. The second kappa shape index (κ2) is 4.55. The first-order chi connectivity index (χ1) is 8.09. The van der Waals surface area contributed by atoms with E-state index in [2.05, 4.69) is 5.32 Å². The lowest BCUT2D eigenvalue weighted by molar-refractivity contribution is -0.152. The molecular formula is C12H15N3O2. The highest BCUT2D eigenvalue weighted by molar-refractivity contribution is 6.06. The van der Waals surface area contributed by atoms with Crippen LogP contribution >= 0.6 is 0 Å². The van der Waals surface area contributed by atoms with Crippen molar-refractivity contribution in [1.29, 1.82) is 0 Å². The SMILES string of the molecule is CN(C)N1C(=O)C[C@H](Nc2ccccc2)C1=O. The molecule has 17 heavy (non-hydrogen) atoms. The summed E-state index contributed by atoms with van der Waals surface area (Å²) in [6.45, 7) is 0. The molecule has 1 aliphatic heterocycles. The number of anilines is 1. The Bertz CT molecular complexity index is 431. The van der Waals surface area contributed by atoms with Crippen molar-refractivity contribution in [3.63, 3.8) is 0 Å². The van der Waals surface area contributed by atoms with Gasteiger partial charge in [-0.05, 0) is 12.1 Å². The fourth-order valence-corrected chi connectivity index (χ4v) is 1.89. The van der Waals surface area contributed by atoms with Gasteiger partial charge in [-0.3, -0.25) is 9.59 Å². The van der Waals surface area contributed by atoms with Gasteiger partial charge in [0.15, 0.2) is 0 Å². The molecule has 0 aromatic heterocycles. The zero-order valence-corrected chi connectivity index (χ0v) is 9.88. The van der Waals surface area contributed by atoms with Crippen LogP contribution in [-0.4, -0.2) is 42.0 Å². The van der Waals surface area contributed by atoms with E-state index in [1.807, 2.05) is 30.3 Å². The maximum Gasteiger partial charge on any atom is 0.266 e.